The molecule has 0 rings (SSSR count). The van der Waals surface area contributed by atoms with Crippen LogP contribution in [0.4, 0.5) is 0 Å². The van der Waals surface area contributed by atoms with Gasteiger partial charge in [0.25, 0.3) is 5.70 Å². The van der Waals surface area contributed by atoms with E-state index in [1.54, 1.807) is 13.0 Å². The van der Waals surface area contributed by atoms with E-state index in [1.165, 1.54) is 6.08 Å². The highest BCUT2D eigenvalue weighted by Gasteiger charge is 1.96. The van der Waals surface area contributed by atoms with Gasteiger partial charge in [-0.3, -0.25) is 10.1 Å². The minimum Gasteiger partial charge on any atom is -0.258 e. The van der Waals surface area contributed by atoms with Crippen molar-refractivity contribution in [2.45, 2.75) is 20.8 Å². The molecule has 0 aromatic carbocycles. The summed E-state index contributed by atoms with van der Waals surface area (Å²) in [5.74, 6) is 0. The predicted octanol–water partition coefficient (Wildman–Crippen LogP) is 2.94. The average molecular weight is 169 g/mol. The molecule has 0 N–H and O–H groups in total. The summed E-state index contributed by atoms with van der Waals surface area (Å²) in [7, 11) is 0. The van der Waals surface area contributed by atoms with Gasteiger partial charge in [-0.25, -0.2) is 0 Å². The summed E-state index contributed by atoms with van der Waals surface area (Å²) >= 11 is 0. The molecule has 0 aromatic rings. The molecule has 12 heavy (non-hydrogen) atoms. The first kappa shape index (κ1) is 13.2. The number of hydrogen-bond acceptors (Lipinski definition) is 2. The lowest BCUT2D eigenvalue weighted by molar-refractivity contribution is -0.418. The standard InChI is InChI=1S/C5H7NO2.C4H8/c1-3-4-5(2)6(7)8;1-3-4-2/h3-4H,2H2,1H3;3-4H,1-2H3/b4-3-;4-3+. The summed E-state index contributed by atoms with van der Waals surface area (Å²) in [6.07, 6.45) is 6.92. The molecule has 0 spiro atoms. The summed E-state index contributed by atoms with van der Waals surface area (Å²) in [6.45, 7) is 8.86. The zero-order valence-corrected chi connectivity index (χ0v) is 7.78. The molecule has 0 fully saturated rings. The van der Waals surface area contributed by atoms with E-state index in [0.717, 1.165) is 0 Å². The maximum Gasteiger partial charge on any atom is 0.261 e. The molecule has 0 amide bonds. The van der Waals surface area contributed by atoms with Gasteiger partial charge in [0.2, 0.25) is 0 Å². The second-order valence-corrected chi connectivity index (χ2v) is 1.92. The normalized spacial score (nSPS) is 9.58. The van der Waals surface area contributed by atoms with Crippen LogP contribution in [0.3, 0.4) is 0 Å². The Labute approximate surface area is 73.2 Å². The van der Waals surface area contributed by atoms with E-state index in [4.69, 9.17) is 0 Å². The van der Waals surface area contributed by atoms with E-state index in [1.807, 2.05) is 26.0 Å². The third-order valence-corrected chi connectivity index (χ3v) is 0.927. The van der Waals surface area contributed by atoms with Gasteiger partial charge in [0.05, 0.1) is 4.92 Å². The van der Waals surface area contributed by atoms with Gasteiger partial charge in [-0.2, -0.15) is 0 Å². The quantitative estimate of drug-likeness (QED) is 0.276. The largest absolute Gasteiger partial charge is 0.261 e. The zero-order valence-electron chi connectivity index (χ0n) is 7.78. The monoisotopic (exact) mass is 169 g/mol. The summed E-state index contributed by atoms with van der Waals surface area (Å²) in [5.41, 5.74) is -0.0764. The number of allylic oxidation sites excluding steroid dienone is 4. The van der Waals surface area contributed by atoms with Crippen LogP contribution < -0.4 is 0 Å². The highest BCUT2D eigenvalue weighted by Crippen LogP contribution is 1.90. The van der Waals surface area contributed by atoms with E-state index < -0.39 is 4.92 Å². The third kappa shape index (κ3) is 11.4. The third-order valence-electron chi connectivity index (χ3n) is 0.927. The molecule has 0 atom stereocenters. The molecule has 0 aliphatic heterocycles. The van der Waals surface area contributed by atoms with Crippen LogP contribution >= 0.6 is 0 Å². The van der Waals surface area contributed by atoms with Crippen LogP contribution in [0.25, 0.3) is 0 Å². The maximum atomic E-state index is 9.74. The van der Waals surface area contributed by atoms with E-state index in [-0.39, 0.29) is 5.70 Å². The lowest BCUT2D eigenvalue weighted by atomic mass is 10.4. The van der Waals surface area contributed by atoms with Crippen molar-refractivity contribution in [1.29, 1.82) is 0 Å². The summed E-state index contributed by atoms with van der Waals surface area (Å²) < 4.78 is 0. The number of hydrogen-bond donors (Lipinski definition) is 0. The lowest BCUT2D eigenvalue weighted by Gasteiger charge is -1.82. The first-order valence-corrected chi connectivity index (χ1v) is 3.63. The van der Waals surface area contributed by atoms with E-state index >= 15 is 0 Å². The molecule has 3 heteroatoms. The minimum absolute atomic E-state index is 0.0764. The van der Waals surface area contributed by atoms with Crippen LogP contribution in [0.1, 0.15) is 20.8 Å². The van der Waals surface area contributed by atoms with Crippen LogP contribution in [0, 0.1) is 10.1 Å². The van der Waals surface area contributed by atoms with Gasteiger partial charge in [0.15, 0.2) is 0 Å². The van der Waals surface area contributed by atoms with Gasteiger partial charge in [-0.15, -0.1) is 0 Å². The summed E-state index contributed by atoms with van der Waals surface area (Å²) in [6, 6.07) is 0. The Bertz CT molecular complexity index is 189. The van der Waals surface area contributed by atoms with Crippen molar-refractivity contribution in [2.75, 3.05) is 0 Å². The molecule has 0 bridgehead atoms. The molecule has 0 saturated heterocycles. The van der Waals surface area contributed by atoms with Gasteiger partial charge < -0.3 is 0 Å². The van der Waals surface area contributed by atoms with E-state index in [0.29, 0.717) is 0 Å². The van der Waals surface area contributed by atoms with E-state index in [9.17, 15) is 10.1 Å². The fraction of sp³-hybridized carbons (Fsp3) is 0.333. The molecular formula is C9H15NO2. The van der Waals surface area contributed by atoms with Gasteiger partial charge in [0, 0.05) is 6.08 Å². The van der Waals surface area contributed by atoms with Gasteiger partial charge in [-0.1, -0.05) is 18.2 Å². The second-order valence-electron chi connectivity index (χ2n) is 1.92. The Morgan fingerprint density at radius 2 is 1.67 bits per heavy atom. The number of nitrogens with zero attached hydrogens (tertiary/aromatic N) is 1. The van der Waals surface area contributed by atoms with Crippen LogP contribution in [-0.2, 0) is 0 Å². The van der Waals surface area contributed by atoms with Gasteiger partial charge in [0.1, 0.15) is 0 Å². The molecule has 0 unspecified atom stereocenters. The SMILES string of the molecule is C/C=C/C.C=C(/C=C\C)[N+](=O)[O-]. The predicted molar refractivity (Wildman–Crippen MR) is 51.4 cm³/mol. The van der Waals surface area contributed by atoms with Gasteiger partial charge in [-0.05, 0) is 27.4 Å². The first-order valence-electron chi connectivity index (χ1n) is 3.63. The van der Waals surface area contributed by atoms with Crippen molar-refractivity contribution < 1.29 is 4.92 Å². The Morgan fingerprint density at radius 3 is 1.75 bits per heavy atom. The fourth-order valence-electron chi connectivity index (χ4n) is 0.253. The highest BCUT2D eigenvalue weighted by atomic mass is 16.6. The Balaban J connectivity index is 0. The van der Waals surface area contributed by atoms with Crippen molar-refractivity contribution in [3.8, 4) is 0 Å². The molecule has 3 nitrogen and oxygen atoms in total. The van der Waals surface area contributed by atoms with Gasteiger partial charge >= 0.3 is 0 Å². The smallest absolute Gasteiger partial charge is 0.258 e. The highest BCUT2D eigenvalue weighted by molar-refractivity contribution is 5.03. The average Bonchev–Trinajstić information content (AvgIpc) is 2.05. The second kappa shape index (κ2) is 9.62. The minimum atomic E-state index is -0.528. The molecule has 68 valence electrons. The van der Waals surface area contributed by atoms with Crippen molar-refractivity contribution in [2.24, 2.45) is 0 Å². The maximum absolute atomic E-state index is 9.74. The van der Waals surface area contributed by atoms with Crippen molar-refractivity contribution in [3.05, 3.63) is 46.7 Å². The Hall–Kier alpha value is -1.38. The topological polar surface area (TPSA) is 43.1 Å². The first-order chi connectivity index (χ1) is 5.59. The molecule has 0 saturated carbocycles. The lowest BCUT2D eigenvalue weighted by Crippen LogP contribution is -1.91. The molecule has 0 heterocycles. The van der Waals surface area contributed by atoms with Crippen LogP contribution in [0.5, 0.6) is 0 Å². The van der Waals surface area contributed by atoms with Crippen molar-refractivity contribution in [1.82, 2.24) is 0 Å². The zero-order chi connectivity index (χ0) is 9.98. The van der Waals surface area contributed by atoms with Crippen LogP contribution in [-0.4, -0.2) is 4.92 Å². The number of rotatable bonds is 2. The van der Waals surface area contributed by atoms with Crippen molar-refractivity contribution >= 4 is 0 Å². The summed E-state index contributed by atoms with van der Waals surface area (Å²) in [5, 5.41) is 9.74. The van der Waals surface area contributed by atoms with Crippen molar-refractivity contribution in [3.63, 3.8) is 0 Å². The molecule has 0 aromatic heterocycles. The van der Waals surface area contributed by atoms with Crippen LogP contribution in [0.15, 0.2) is 36.6 Å². The van der Waals surface area contributed by atoms with E-state index in [2.05, 4.69) is 6.58 Å². The molecule has 0 aliphatic carbocycles. The molecule has 0 aliphatic rings. The summed E-state index contributed by atoms with van der Waals surface area (Å²) in [4.78, 5) is 9.22. The molecular weight excluding hydrogens is 154 g/mol. The Morgan fingerprint density at radius 1 is 1.25 bits per heavy atom. The molecule has 0 radical (unpaired) electrons. The Kier molecular flexibility index (Phi) is 10.6. The number of nitro groups is 1. The fourth-order valence-corrected chi connectivity index (χ4v) is 0.253. The van der Waals surface area contributed by atoms with Crippen LogP contribution in [0.2, 0.25) is 0 Å².